The number of hydrogen-bond acceptors (Lipinski definition) is 2. The van der Waals surface area contributed by atoms with Crippen molar-refractivity contribution in [1.29, 1.82) is 5.26 Å². The molecule has 1 aromatic carbocycles. The molecule has 0 aliphatic heterocycles. The summed E-state index contributed by atoms with van der Waals surface area (Å²) in [5.41, 5.74) is -2.16. The number of benzene rings is 1. The average Bonchev–Trinajstić information content (AvgIpc) is 2.35. The molecule has 0 N–H and O–H groups in total. The third kappa shape index (κ3) is 2.36. The second-order valence-corrected chi connectivity index (χ2v) is 3.99. The van der Waals surface area contributed by atoms with Crippen LogP contribution in [0.1, 0.15) is 6.92 Å². The van der Waals surface area contributed by atoms with Crippen LogP contribution in [0.15, 0.2) is 54.3 Å². The lowest BCUT2D eigenvalue weighted by Gasteiger charge is -2.22. The van der Waals surface area contributed by atoms with Gasteiger partial charge in [-0.15, -0.1) is 0 Å². The molecule has 0 saturated heterocycles. The number of allylic oxidation sites excluding steroid dienone is 3. The maximum absolute atomic E-state index is 14.2. The normalized spacial score (nSPS) is 27.1. The van der Waals surface area contributed by atoms with Crippen molar-refractivity contribution in [2.45, 2.75) is 12.6 Å². The van der Waals surface area contributed by atoms with Gasteiger partial charge in [0, 0.05) is 0 Å². The molecule has 0 spiro atoms. The van der Waals surface area contributed by atoms with E-state index >= 15 is 0 Å². The van der Waals surface area contributed by atoms with Gasteiger partial charge in [0.15, 0.2) is 5.76 Å². The first-order valence-corrected chi connectivity index (χ1v) is 5.39. The van der Waals surface area contributed by atoms with E-state index in [2.05, 4.69) is 0 Å². The molecule has 0 radical (unpaired) electrons. The molecule has 0 aromatic heterocycles. The SMILES string of the molecule is CC1C=CC(F)(C#N)C(Oc2ccccc2)=C1. The van der Waals surface area contributed by atoms with E-state index in [1.807, 2.05) is 13.0 Å². The summed E-state index contributed by atoms with van der Waals surface area (Å²) in [5, 5.41) is 8.89. The zero-order valence-corrected chi connectivity index (χ0v) is 9.43. The second kappa shape index (κ2) is 4.42. The highest BCUT2D eigenvalue weighted by molar-refractivity contribution is 5.38. The lowest BCUT2D eigenvalue weighted by molar-refractivity contribution is 0.247. The molecule has 3 heteroatoms. The van der Waals surface area contributed by atoms with Gasteiger partial charge in [-0.05, 0) is 30.2 Å². The van der Waals surface area contributed by atoms with Crippen molar-refractivity contribution in [2.75, 3.05) is 0 Å². The smallest absolute Gasteiger partial charge is 0.270 e. The lowest BCUT2D eigenvalue weighted by atomic mass is 9.94. The Labute approximate surface area is 99.6 Å². The molecule has 0 fully saturated rings. The Hall–Kier alpha value is -2.08. The molecule has 2 rings (SSSR count). The van der Waals surface area contributed by atoms with Crippen LogP contribution >= 0.6 is 0 Å². The van der Waals surface area contributed by atoms with E-state index in [4.69, 9.17) is 10.00 Å². The summed E-state index contributed by atoms with van der Waals surface area (Å²) in [6.45, 7) is 1.90. The summed E-state index contributed by atoms with van der Waals surface area (Å²) in [5.74, 6) is 0.630. The van der Waals surface area contributed by atoms with Gasteiger partial charge in [0.1, 0.15) is 11.8 Å². The third-order valence-corrected chi connectivity index (χ3v) is 2.54. The summed E-state index contributed by atoms with van der Waals surface area (Å²) < 4.78 is 19.6. The van der Waals surface area contributed by atoms with Crippen molar-refractivity contribution >= 4 is 0 Å². The number of alkyl halides is 1. The van der Waals surface area contributed by atoms with Gasteiger partial charge in [0.25, 0.3) is 5.67 Å². The molecule has 2 nitrogen and oxygen atoms in total. The minimum atomic E-state index is -2.16. The molecule has 0 amide bonds. The van der Waals surface area contributed by atoms with Crippen LogP contribution in [0.5, 0.6) is 5.75 Å². The summed E-state index contributed by atoms with van der Waals surface area (Å²) in [6.07, 6.45) is 4.52. The predicted molar refractivity (Wildman–Crippen MR) is 62.9 cm³/mol. The minimum absolute atomic E-state index is 0.0428. The van der Waals surface area contributed by atoms with Crippen molar-refractivity contribution in [2.24, 2.45) is 5.92 Å². The van der Waals surface area contributed by atoms with Crippen LogP contribution in [-0.4, -0.2) is 5.67 Å². The van der Waals surface area contributed by atoms with Gasteiger partial charge in [-0.25, -0.2) is 4.39 Å². The van der Waals surface area contributed by atoms with Gasteiger partial charge in [0.05, 0.1) is 0 Å². The third-order valence-electron chi connectivity index (χ3n) is 2.54. The molecule has 2 atom stereocenters. The van der Waals surface area contributed by atoms with Crippen molar-refractivity contribution in [3.8, 4) is 11.8 Å². The second-order valence-electron chi connectivity index (χ2n) is 3.99. The molecule has 1 aromatic rings. The van der Waals surface area contributed by atoms with Gasteiger partial charge in [-0.1, -0.05) is 31.2 Å². The van der Waals surface area contributed by atoms with Gasteiger partial charge in [-0.3, -0.25) is 0 Å². The number of para-hydroxylation sites is 1. The molecular weight excluding hydrogens is 217 g/mol. The highest BCUT2D eigenvalue weighted by atomic mass is 19.1. The Kier molecular flexibility index (Phi) is 2.97. The van der Waals surface area contributed by atoms with E-state index in [0.717, 1.165) is 0 Å². The van der Waals surface area contributed by atoms with Crippen molar-refractivity contribution < 1.29 is 9.13 Å². The number of hydrogen-bond donors (Lipinski definition) is 0. The summed E-state index contributed by atoms with van der Waals surface area (Å²) in [6, 6.07) is 10.5. The molecule has 0 saturated carbocycles. The Bertz CT molecular complexity index is 501. The Morgan fingerprint density at radius 3 is 2.71 bits per heavy atom. The molecule has 17 heavy (non-hydrogen) atoms. The Morgan fingerprint density at radius 2 is 2.06 bits per heavy atom. The van der Waals surface area contributed by atoms with Gasteiger partial charge >= 0.3 is 0 Å². The lowest BCUT2D eigenvalue weighted by Crippen LogP contribution is -2.27. The molecule has 2 unspecified atom stereocenters. The van der Waals surface area contributed by atoms with Gasteiger partial charge < -0.3 is 4.74 Å². The van der Waals surface area contributed by atoms with E-state index in [0.29, 0.717) is 5.75 Å². The zero-order valence-electron chi connectivity index (χ0n) is 9.43. The summed E-state index contributed by atoms with van der Waals surface area (Å²) in [7, 11) is 0. The van der Waals surface area contributed by atoms with Crippen LogP contribution in [0.4, 0.5) is 4.39 Å². The van der Waals surface area contributed by atoms with Crippen LogP contribution in [0, 0.1) is 17.2 Å². The van der Waals surface area contributed by atoms with Crippen LogP contribution in [0.25, 0.3) is 0 Å². The number of nitrogens with zero attached hydrogens (tertiary/aromatic N) is 1. The molecular formula is C14H12FNO. The van der Waals surface area contributed by atoms with Crippen LogP contribution in [0.2, 0.25) is 0 Å². The molecule has 86 valence electrons. The van der Waals surface area contributed by atoms with Crippen LogP contribution in [-0.2, 0) is 0 Å². The van der Waals surface area contributed by atoms with Crippen molar-refractivity contribution in [3.63, 3.8) is 0 Å². The summed E-state index contributed by atoms with van der Waals surface area (Å²) in [4.78, 5) is 0. The summed E-state index contributed by atoms with van der Waals surface area (Å²) >= 11 is 0. The maximum atomic E-state index is 14.2. The highest BCUT2D eigenvalue weighted by Gasteiger charge is 2.36. The molecule has 0 heterocycles. The van der Waals surface area contributed by atoms with Gasteiger partial charge in [-0.2, -0.15) is 5.26 Å². The quantitative estimate of drug-likeness (QED) is 0.728. The Balaban J connectivity index is 2.28. The Morgan fingerprint density at radius 1 is 1.35 bits per heavy atom. The fraction of sp³-hybridized carbons (Fsp3) is 0.214. The predicted octanol–water partition coefficient (Wildman–Crippen LogP) is 3.39. The van der Waals surface area contributed by atoms with E-state index in [-0.39, 0.29) is 11.7 Å². The van der Waals surface area contributed by atoms with Crippen LogP contribution in [0.3, 0.4) is 0 Å². The average molecular weight is 229 g/mol. The number of rotatable bonds is 2. The first kappa shape index (κ1) is 11.4. The first-order chi connectivity index (χ1) is 8.14. The monoisotopic (exact) mass is 229 g/mol. The van der Waals surface area contributed by atoms with Crippen molar-refractivity contribution in [3.05, 3.63) is 54.3 Å². The fourth-order valence-corrected chi connectivity index (χ4v) is 1.60. The van der Waals surface area contributed by atoms with Gasteiger partial charge in [0.2, 0.25) is 0 Å². The standard InChI is InChI=1S/C14H12FNO/c1-11-7-8-14(15,10-16)13(9-11)17-12-5-3-2-4-6-12/h2-9,11H,1H3. The highest BCUT2D eigenvalue weighted by Crippen LogP contribution is 2.31. The first-order valence-electron chi connectivity index (χ1n) is 5.39. The van der Waals surface area contributed by atoms with E-state index in [1.165, 1.54) is 6.08 Å². The molecule has 1 aliphatic rings. The number of ether oxygens (including phenoxy) is 1. The topological polar surface area (TPSA) is 33.0 Å². The van der Waals surface area contributed by atoms with E-state index in [9.17, 15) is 4.39 Å². The fourth-order valence-electron chi connectivity index (χ4n) is 1.60. The molecule has 0 bridgehead atoms. The maximum Gasteiger partial charge on any atom is 0.270 e. The van der Waals surface area contributed by atoms with E-state index in [1.54, 1.807) is 42.5 Å². The number of halogens is 1. The number of nitriles is 1. The zero-order chi connectivity index (χ0) is 12.3. The van der Waals surface area contributed by atoms with Crippen molar-refractivity contribution in [1.82, 2.24) is 0 Å². The van der Waals surface area contributed by atoms with E-state index < -0.39 is 5.67 Å². The largest absolute Gasteiger partial charge is 0.457 e. The van der Waals surface area contributed by atoms with Crippen LogP contribution < -0.4 is 4.74 Å². The molecule has 1 aliphatic carbocycles. The minimum Gasteiger partial charge on any atom is -0.457 e.